The summed E-state index contributed by atoms with van der Waals surface area (Å²) in [6, 6.07) is 30.6. The Balaban J connectivity index is 1.83. The summed E-state index contributed by atoms with van der Waals surface area (Å²) in [7, 11) is 0. The molecule has 5 rings (SSSR count). The second-order valence-corrected chi connectivity index (χ2v) is 12.2. The van der Waals surface area contributed by atoms with E-state index in [0.29, 0.717) is 0 Å². The Morgan fingerprint density at radius 3 is 1.59 bits per heavy atom. The van der Waals surface area contributed by atoms with Crippen molar-refractivity contribution < 1.29 is 10.2 Å². The molecule has 0 aliphatic carbocycles. The zero-order chi connectivity index (χ0) is 26.5. The van der Waals surface area contributed by atoms with Crippen LogP contribution < -0.4 is 0 Å². The fraction of sp³-hybridized carbons (Fsp3) is 0.257. The number of aliphatic hydroxyl groups excluding tert-OH is 1. The van der Waals surface area contributed by atoms with E-state index in [0.717, 1.165) is 43.8 Å². The molecule has 1 unspecified atom stereocenters. The number of fused-ring (bicyclic) bond motifs is 2. The number of aliphatic hydroxyl groups is 1. The molecule has 2 N–H and O–H groups in total. The van der Waals surface area contributed by atoms with Crippen LogP contribution in [0.25, 0.3) is 32.7 Å². The molecule has 0 amide bonds. The van der Waals surface area contributed by atoms with E-state index in [9.17, 15) is 10.2 Å². The van der Waals surface area contributed by atoms with Crippen molar-refractivity contribution in [1.29, 1.82) is 0 Å². The summed E-state index contributed by atoms with van der Waals surface area (Å²) in [5.41, 5.74) is 5.56. The topological polar surface area (TPSA) is 40.5 Å². The average Bonchev–Trinajstić information content (AvgIpc) is 2.86. The van der Waals surface area contributed by atoms with Gasteiger partial charge in [0.1, 0.15) is 11.9 Å². The molecule has 5 aromatic carbocycles. The second-order valence-electron chi connectivity index (χ2n) is 12.2. The predicted molar refractivity (Wildman–Crippen MR) is 156 cm³/mol. The molecule has 0 aliphatic heterocycles. The van der Waals surface area contributed by atoms with Crippen molar-refractivity contribution in [2.75, 3.05) is 0 Å². The van der Waals surface area contributed by atoms with Crippen molar-refractivity contribution in [3.05, 3.63) is 113 Å². The maximum atomic E-state index is 12.1. The summed E-state index contributed by atoms with van der Waals surface area (Å²) in [5.74, 6) is 0.210. The molecule has 0 aliphatic rings. The van der Waals surface area contributed by atoms with Crippen LogP contribution in [0.15, 0.2) is 91.0 Å². The summed E-state index contributed by atoms with van der Waals surface area (Å²) in [4.78, 5) is 0. The van der Waals surface area contributed by atoms with Gasteiger partial charge in [-0.2, -0.15) is 0 Å². The van der Waals surface area contributed by atoms with Crippen molar-refractivity contribution in [1.82, 2.24) is 0 Å². The number of hydrogen-bond donors (Lipinski definition) is 2. The predicted octanol–water partition coefficient (Wildman–Crippen LogP) is 9.04. The Kier molecular flexibility index (Phi) is 6.12. The average molecular weight is 489 g/mol. The lowest BCUT2D eigenvalue weighted by molar-refractivity contribution is 0.220. The minimum Gasteiger partial charge on any atom is -0.507 e. The van der Waals surface area contributed by atoms with Gasteiger partial charge < -0.3 is 10.2 Å². The lowest BCUT2D eigenvalue weighted by Crippen LogP contribution is -2.18. The summed E-state index contributed by atoms with van der Waals surface area (Å²) in [5, 5.41) is 27.4. The number of benzene rings is 5. The van der Waals surface area contributed by atoms with E-state index < -0.39 is 6.10 Å². The number of aromatic hydroxyl groups is 1. The first kappa shape index (κ1) is 25.0. The van der Waals surface area contributed by atoms with E-state index in [2.05, 4.69) is 84.0 Å². The van der Waals surface area contributed by atoms with Gasteiger partial charge in [-0.1, -0.05) is 126 Å². The number of phenols is 1. The number of rotatable bonds is 3. The summed E-state index contributed by atoms with van der Waals surface area (Å²) >= 11 is 0. The van der Waals surface area contributed by atoms with Crippen LogP contribution in [0.2, 0.25) is 0 Å². The lowest BCUT2D eigenvalue weighted by Gasteiger charge is -2.28. The third-order valence-electron chi connectivity index (χ3n) is 7.42. The minimum atomic E-state index is -0.860. The molecule has 0 saturated heterocycles. The van der Waals surface area contributed by atoms with Gasteiger partial charge in [-0.15, -0.1) is 0 Å². The Bertz CT molecular complexity index is 1580. The fourth-order valence-corrected chi connectivity index (χ4v) is 5.17. The zero-order valence-electron chi connectivity index (χ0n) is 22.6. The quantitative estimate of drug-likeness (QED) is 0.266. The molecule has 2 heteroatoms. The van der Waals surface area contributed by atoms with Crippen molar-refractivity contribution in [2.24, 2.45) is 0 Å². The van der Waals surface area contributed by atoms with Crippen molar-refractivity contribution in [3.63, 3.8) is 0 Å². The van der Waals surface area contributed by atoms with Gasteiger partial charge in [0, 0.05) is 5.56 Å². The molecule has 0 radical (unpaired) electrons. The van der Waals surface area contributed by atoms with Gasteiger partial charge in [-0.05, 0) is 66.3 Å². The monoisotopic (exact) mass is 488 g/mol. The first-order chi connectivity index (χ1) is 17.4. The highest BCUT2D eigenvalue weighted by Crippen LogP contribution is 2.45. The van der Waals surface area contributed by atoms with E-state index in [1.54, 1.807) is 6.07 Å². The van der Waals surface area contributed by atoms with Gasteiger partial charge in [0.15, 0.2) is 0 Å². The van der Waals surface area contributed by atoms with Crippen LogP contribution in [-0.4, -0.2) is 10.2 Å². The molecule has 0 bridgehead atoms. The first-order valence-electron chi connectivity index (χ1n) is 13.0. The van der Waals surface area contributed by atoms with Gasteiger partial charge in [-0.25, -0.2) is 0 Å². The van der Waals surface area contributed by atoms with Crippen LogP contribution in [-0.2, 0) is 10.8 Å². The van der Waals surface area contributed by atoms with Crippen LogP contribution in [0, 0.1) is 0 Å². The summed E-state index contributed by atoms with van der Waals surface area (Å²) in [6.45, 7) is 13.3. The highest BCUT2D eigenvalue weighted by molar-refractivity contribution is 6.08. The van der Waals surface area contributed by atoms with Crippen LogP contribution in [0.4, 0.5) is 0 Å². The minimum absolute atomic E-state index is 0.0597. The van der Waals surface area contributed by atoms with Gasteiger partial charge in [-0.3, -0.25) is 0 Å². The normalized spacial score (nSPS) is 13.3. The molecule has 2 nitrogen and oxygen atoms in total. The third-order valence-corrected chi connectivity index (χ3v) is 7.42. The van der Waals surface area contributed by atoms with Crippen molar-refractivity contribution in [3.8, 4) is 16.9 Å². The zero-order valence-corrected chi connectivity index (χ0v) is 22.6. The smallest absolute Gasteiger partial charge is 0.124 e. The Morgan fingerprint density at radius 2 is 1.05 bits per heavy atom. The van der Waals surface area contributed by atoms with E-state index >= 15 is 0 Å². The third kappa shape index (κ3) is 4.63. The van der Waals surface area contributed by atoms with E-state index in [4.69, 9.17) is 0 Å². The van der Waals surface area contributed by atoms with Gasteiger partial charge in [0.2, 0.25) is 0 Å². The molecular weight excluding hydrogens is 452 g/mol. The Labute approximate surface area is 220 Å². The SMILES string of the molecule is CC(C)(C)c1cc(C(O)c2ccc3ccccc3c2-c2c(O)ccc3ccccc23)cc(C(C)(C)C)c1. The Morgan fingerprint density at radius 1 is 0.568 bits per heavy atom. The summed E-state index contributed by atoms with van der Waals surface area (Å²) in [6.07, 6.45) is -0.860. The molecule has 0 fully saturated rings. The largest absolute Gasteiger partial charge is 0.507 e. The van der Waals surface area contributed by atoms with E-state index in [-0.39, 0.29) is 16.6 Å². The first-order valence-corrected chi connectivity index (χ1v) is 13.0. The molecule has 0 spiro atoms. The van der Waals surface area contributed by atoms with Crippen LogP contribution in [0.1, 0.15) is 69.9 Å². The number of phenolic OH excluding ortho intramolecular Hbond substituents is 1. The van der Waals surface area contributed by atoms with Crippen LogP contribution in [0.3, 0.4) is 0 Å². The lowest BCUT2D eigenvalue weighted by atomic mass is 9.78. The molecule has 37 heavy (non-hydrogen) atoms. The van der Waals surface area contributed by atoms with Gasteiger partial charge >= 0.3 is 0 Å². The highest BCUT2D eigenvalue weighted by atomic mass is 16.3. The van der Waals surface area contributed by atoms with E-state index in [1.807, 2.05) is 42.5 Å². The van der Waals surface area contributed by atoms with Crippen LogP contribution >= 0.6 is 0 Å². The van der Waals surface area contributed by atoms with Crippen LogP contribution in [0.5, 0.6) is 5.75 Å². The van der Waals surface area contributed by atoms with E-state index in [1.165, 1.54) is 11.1 Å². The van der Waals surface area contributed by atoms with Crippen molar-refractivity contribution >= 4 is 21.5 Å². The molecule has 0 saturated carbocycles. The molecule has 188 valence electrons. The number of hydrogen-bond acceptors (Lipinski definition) is 2. The molecule has 0 aromatic heterocycles. The molecule has 0 heterocycles. The Hall–Kier alpha value is -3.62. The van der Waals surface area contributed by atoms with Crippen molar-refractivity contribution in [2.45, 2.75) is 58.5 Å². The highest BCUT2D eigenvalue weighted by Gasteiger charge is 2.26. The molecule has 5 aromatic rings. The standard InChI is InChI=1S/C35H36O2/c1-34(2,3)25-19-24(20-26(21-25)35(4,5)6)33(37)29-17-15-22-11-7-9-13-27(22)31(29)32-28-14-10-8-12-23(28)16-18-30(32)36/h7-21,33,36-37H,1-6H3. The van der Waals surface area contributed by atoms with Gasteiger partial charge in [0.25, 0.3) is 0 Å². The second kappa shape index (κ2) is 9.04. The fourth-order valence-electron chi connectivity index (χ4n) is 5.17. The molecule has 1 atom stereocenters. The van der Waals surface area contributed by atoms with Gasteiger partial charge in [0.05, 0.1) is 0 Å². The molecular formula is C35H36O2. The maximum absolute atomic E-state index is 12.1. The summed E-state index contributed by atoms with van der Waals surface area (Å²) < 4.78 is 0. The maximum Gasteiger partial charge on any atom is 0.124 e.